The summed E-state index contributed by atoms with van der Waals surface area (Å²) in [6.07, 6.45) is 3.61. The highest BCUT2D eigenvalue weighted by Gasteiger charge is 2.36. The summed E-state index contributed by atoms with van der Waals surface area (Å²) < 4.78 is 5.91. The first-order valence-corrected chi connectivity index (χ1v) is 13.2. The maximum Gasteiger partial charge on any atom is 0.324 e. The number of carbonyl (C=O) groups excluding carboxylic acids is 2. The number of benzene rings is 2. The minimum Gasteiger partial charge on any atom is -0.373 e. The van der Waals surface area contributed by atoms with E-state index >= 15 is 0 Å². The molecule has 1 amide bonds. The van der Waals surface area contributed by atoms with Gasteiger partial charge in [0.1, 0.15) is 0 Å². The van der Waals surface area contributed by atoms with Gasteiger partial charge in [0.05, 0.1) is 16.4 Å². The zero-order valence-corrected chi connectivity index (χ0v) is 22.3. The number of nitrogens with two attached hydrogens (primary N) is 1. The summed E-state index contributed by atoms with van der Waals surface area (Å²) >= 11 is 6.32. The fourth-order valence-electron chi connectivity index (χ4n) is 4.68. The SMILES string of the molecule is Cc1ccc(NC(=O)CC(CCC(=O)ON)c2noc(-c3ccc(CC(C)C)cc3)c2C2CC2)c(Cl)c1. The normalized spacial score (nSPS) is 14.0. The highest BCUT2D eigenvalue weighted by Crippen LogP contribution is 2.48. The fraction of sp³-hybridized carbons (Fsp3) is 0.414. The van der Waals surface area contributed by atoms with E-state index < -0.39 is 5.97 Å². The van der Waals surface area contributed by atoms with E-state index in [0.717, 1.165) is 47.4 Å². The van der Waals surface area contributed by atoms with Gasteiger partial charge in [-0.05, 0) is 67.7 Å². The van der Waals surface area contributed by atoms with Gasteiger partial charge in [-0.3, -0.25) is 9.59 Å². The van der Waals surface area contributed by atoms with Gasteiger partial charge >= 0.3 is 5.97 Å². The van der Waals surface area contributed by atoms with Crippen molar-refractivity contribution in [3.63, 3.8) is 0 Å². The third-order valence-electron chi connectivity index (χ3n) is 6.65. The molecule has 1 aliphatic carbocycles. The molecule has 3 N–H and O–H groups in total. The number of amides is 1. The number of anilines is 1. The lowest BCUT2D eigenvalue weighted by Gasteiger charge is -2.16. The van der Waals surface area contributed by atoms with Crippen LogP contribution in [-0.2, 0) is 20.8 Å². The van der Waals surface area contributed by atoms with Crippen molar-refractivity contribution in [2.45, 2.75) is 71.1 Å². The Bertz CT molecular complexity index is 1250. The Morgan fingerprint density at radius 3 is 2.54 bits per heavy atom. The molecule has 1 unspecified atom stereocenters. The van der Waals surface area contributed by atoms with Crippen LogP contribution in [0, 0.1) is 12.8 Å². The number of rotatable bonds is 11. The van der Waals surface area contributed by atoms with Crippen molar-refractivity contribution in [1.82, 2.24) is 5.16 Å². The predicted octanol–water partition coefficient (Wildman–Crippen LogP) is 6.69. The Morgan fingerprint density at radius 2 is 1.92 bits per heavy atom. The predicted molar refractivity (Wildman–Crippen MR) is 144 cm³/mol. The Labute approximate surface area is 222 Å². The van der Waals surface area contributed by atoms with E-state index in [0.29, 0.717) is 29.0 Å². The van der Waals surface area contributed by atoms with Gasteiger partial charge in [0.15, 0.2) is 5.76 Å². The van der Waals surface area contributed by atoms with Crippen LogP contribution in [0.2, 0.25) is 5.02 Å². The first-order chi connectivity index (χ1) is 17.7. The molecule has 1 aliphatic rings. The third kappa shape index (κ3) is 6.99. The van der Waals surface area contributed by atoms with E-state index in [1.54, 1.807) is 12.1 Å². The smallest absolute Gasteiger partial charge is 0.324 e. The molecule has 0 radical (unpaired) electrons. The molecular formula is C29H34ClN3O4. The molecule has 4 rings (SSSR count). The van der Waals surface area contributed by atoms with E-state index in [4.69, 9.17) is 22.0 Å². The first kappa shape index (κ1) is 26.9. The summed E-state index contributed by atoms with van der Waals surface area (Å²) in [6, 6.07) is 13.9. The molecule has 2 aromatic carbocycles. The van der Waals surface area contributed by atoms with Crippen LogP contribution < -0.4 is 11.2 Å². The molecule has 196 valence electrons. The van der Waals surface area contributed by atoms with Crippen molar-refractivity contribution in [2.75, 3.05) is 5.32 Å². The second-order valence-corrected chi connectivity index (χ2v) is 10.7. The molecule has 0 aliphatic heterocycles. The molecule has 8 heteroatoms. The van der Waals surface area contributed by atoms with Gasteiger partial charge in [-0.1, -0.05) is 60.9 Å². The summed E-state index contributed by atoms with van der Waals surface area (Å²) in [5, 5.41) is 7.82. The maximum absolute atomic E-state index is 13.1. The van der Waals surface area contributed by atoms with Crippen LogP contribution in [0.15, 0.2) is 47.0 Å². The summed E-state index contributed by atoms with van der Waals surface area (Å²) in [6.45, 7) is 6.33. The van der Waals surface area contributed by atoms with Gasteiger partial charge < -0.3 is 14.7 Å². The fourth-order valence-corrected chi connectivity index (χ4v) is 4.96. The highest BCUT2D eigenvalue weighted by molar-refractivity contribution is 6.33. The third-order valence-corrected chi connectivity index (χ3v) is 6.96. The number of nitrogens with one attached hydrogen (secondary N) is 1. The van der Waals surface area contributed by atoms with Gasteiger partial charge in [-0.15, -0.1) is 0 Å². The van der Waals surface area contributed by atoms with Crippen LogP contribution in [0.3, 0.4) is 0 Å². The highest BCUT2D eigenvalue weighted by atomic mass is 35.5. The van der Waals surface area contributed by atoms with Gasteiger partial charge in [0, 0.05) is 29.9 Å². The average molecular weight is 524 g/mol. The van der Waals surface area contributed by atoms with Crippen molar-refractivity contribution in [3.8, 4) is 11.3 Å². The lowest BCUT2D eigenvalue weighted by molar-refractivity contribution is -0.144. The van der Waals surface area contributed by atoms with Crippen LogP contribution in [0.4, 0.5) is 5.69 Å². The standard InChI is InChI=1S/C29H34ClN3O4/c1-17(2)14-19-5-7-21(8-6-19)29-27(20-9-10-20)28(33-37-29)22(11-13-26(35)36-31)16-25(34)32-24-12-4-18(3)15-23(24)30/h4-8,12,15,17,20,22H,9-11,13-14,16,31H2,1-3H3,(H,32,34). The number of hydrogen-bond donors (Lipinski definition) is 2. The molecule has 3 aromatic rings. The minimum absolute atomic E-state index is 0.0654. The number of halogens is 1. The molecule has 1 aromatic heterocycles. The number of hydrogen-bond acceptors (Lipinski definition) is 6. The number of aryl methyl sites for hydroxylation is 1. The Kier molecular flexibility index (Phi) is 8.67. The lowest BCUT2D eigenvalue weighted by Crippen LogP contribution is -2.18. The summed E-state index contributed by atoms with van der Waals surface area (Å²) in [5.74, 6) is 5.59. The van der Waals surface area contributed by atoms with Crippen molar-refractivity contribution in [1.29, 1.82) is 0 Å². The molecule has 1 heterocycles. The van der Waals surface area contributed by atoms with E-state index in [1.165, 1.54) is 5.56 Å². The topological polar surface area (TPSA) is 107 Å². The van der Waals surface area contributed by atoms with Gasteiger partial charge in [-0.25, -0.2) is 0 Å². The summed E-state index contributed by atoms with van der Waals surface area (Å²) in [7, 11) is 0. The van der Waals surface area contributed by atoms with Crippen LogP contribution in [0.5, 0.6) is 0 Å². The molecule has 1 atom stereocenters. The van der Waals surface area contributed by atoms with Gasteiger partial charge in [-0.2, -0.15) is 5.90 Å². The molecule has 37 heavy (non-hydrogen) atoms. The van der Waals surface area contributed by atoms with E-state index in [-0.39, 0.29) is 24.7 Å². The van der Waals surface area contributed by atoms with Crippen molar-refractivity contribution in [2.24, 2.45) is 11.8 Å². The first-order valence-electron chi connectivity index (χ1n) is 12.8. The van der Waals surface area contributed by atoms with Gasteiger partial charge in [0.25, 0.3) is 0 Å². The lowest BCUT2D eigenvalue weighted by atomic mass is 9.89. The van der Waals surface area contributed by atoms with Gasteiger partial charge in [0.2, 0.25) is 5.91 Å². The number of nitrogens with zero attached hydrogens (tertiary/aromatic N) is 1. The minimum atomic E-state index is -0.538. The quantitative estimate of drug-likeness (QED) is 0.271. The Morgan fingerprint density at radius 1 is 1.19 bits per heavy atom. The van der Waals surface area contributed by atoms with Crippen molar-refractivity contribution in [3.05, 3.63) is 69.9 Å². The molecular weight excluding hydrogens is 490 g/mol. The second kappa shape index (κ2) is 11.9. The van der Waals surface area contributed by atoms with E-state index in [1.807, 2.05) is 13.0 Å². The summed E-state index contributed by atoms with van der Waals surface area (Å²) in [4.78, 5) is 29.3. The van der Waals surface area contributed by atoms with Crippen LogP contribution in [-0.4, -0.2) is 17.0 Å². The number of carbonyl (C=O) groups is 2. The molecule has 0 bridgehead atoms. The zero-order chi connectivity index (χ0) is 26.5. The molecule has 1 saturated carbocycles. The second-order valence-electron chi connectivity index (χ2n) is 10.3. The average Bonchev–Trinajstić information content (AvgIpc) is 3.61. The van der Waals surface area contributed by atoms with Crippen LogP contribution in [0.1, 0.15) is 80.2 Å². The van der Waals surface area contributed by atoms with E-state index in [2.05, 4.69) is 53.4 Å². The van der Waals surface area contributed by atoms with Crippen LogP contribution in [0.25, 0.3) is 11.3 Å². The molecule has 1 fully saturated rings. The van der Waals surface area contributed by atoms with Crippen molar-refractivity contribution < 1.29 is 18.9 Å². The maximum atomic E-state index is 13.1. The zero-order valence-electron chi connectivity index (χ0n) is 21.6. The Balaban J connectivity index is 1.61. The molecule has 7 nitrogen and oxygen atoms in total. The number of aromatic nitrogens is 1. The molecule has 0 spiro atoms. The van der Waals surface area contributed by atoms with Crippen molar-refractivity contribution >= 4 is 29.2 Å². The van der Waals surface area contributed by atoms with Crippen LogP contribution >= 0.6 is 11.6 Å². The Hall–Kier alpha value is -3.16. The molecule has 0 saturated heterocycles. The largest absolute Gasteiger partial charge is 0.373 e. The summed E-state index contributed by atoms with van der Waals surface area (Å²) in [5.41, 5.74) is 5.53. The van der Waals surface area contributed by atoms with E-state index in [9.17, 15) is 9.59 Å². The monoisotopic (exact) mass is 523 g/mol.